The number of hydrogen-bond acceptors (Lipinski definition) is 14. The second kappa shape index (κ2) is 24.9. The first kappa shape index (κ1) is 55.9. The van der Waals surface area contributed by atoms with Crippen LogP contribution in [0.3, 0.4) is 0 Å². The Labute approximate surface area is 421 Å². The van der Waals surface area contributed by atoms with Crippen molar-refractivity contribution in [2.24, 2.45) is 10.8 Å². The van der Waals surface area contributed by atoms with Gasteiger partial charge in [0, 0.05) is 47.4 Å². The van der Waals surface area contributed by atoms with Crippen LogP contribution in [0.1, 0.15) is 80.1 Å². The molecule has 380 valence electrons. The highest BCUT2D eigenvalue weighted by Gasteiger charge is 2.43. The third-order valence-corrected chi connectivity index (χ3v) is 17.9. The topological polar surface area (TPSA) is 146 Å². The van der Waals surface area contributed by atoms with Crippen LogP contribution in [0.2, 0.25) is 0 Å². The van der Waals surface area contributed by atoms with Gasteiger partial charge in [-0.05, 0) is 88.4 Å². The molecule has 6 rings (SSSR count). The Morgan fingerprint density at radius 3 is 1.26 bits per heavy atom. The molecule has 0 radical (unpaired) electrons. The fourth-order valence-electron chi connectivity index (χ4n) is 8.93. The molecule has 0 bridgehead atoms. The van der Waals surface area contributed by atoms with E-state index in [0.29, 0.717) is 59.6 Å². The van der Waals surface area contributed by atoms with Crippen LogP contribution in [-0.4, -0.2) is 79.1 Å². The van der Waals surface area contributed by atoms with E-state index in [4.69, 9.17) is 9.47 Å². The van der Waals surface area contributed by atoms with Gasteiger partial charge >= 0.3 is 11.9 Å². The van der Waals surface area contributed by atoms with Gasteiger partial charge in [-0.1, -0.05) is 76.9 Å². The summed E-state index contributed by atoms with van der Waals surface area (Å²) in [5, 5.41) is 0. The summed E-state index contributed by atoms with van der Waals surface area (Å²) in [5.41, 5.74) is 2.06. The van der Waals surface area contributed by atoms with E-state index in [9.17, 15) is 35.2 Å². The van der Waals surface area contributed by atoms with Gasteiger partial charge in [-0.25, -0.2) is 26.4 Å². The van der Waals surface area contributed by atoms with Crippen molar-refractivity contribution in [2.45, 2.75) is 99.6 Å². The molecule has 0 saturated heterocycles. The zero-order chi connectivity index (χ0) is 51.3. The van der Waals surface area contributed by atoms with Crippen molar-refractivity contribution in [2.75, 3.05) is 60.1 Å². The second-order valence-electron chi connectivity index (χ2n) is 17.1. The standard InChI is InChI=1S/2C26H32FNO5S2/c2*1-5-13-26(6-2)17-28(19-11-9-8-10-12-19)21-14-23(34-4)22(15-24(21)35(30,31)18-26)33-16-20(27)25(29)32-7-3/h2*8-12,14-16H,5-7,13,17-18H2,1-4H3/b2*20-16-/t2*26-/m10/s1. The molecule has 2 aliphatic rings. The number of benzene rings is 4. The van der Waals surface area contributed by atoms with E-state index in [0.717, 1.165) is 37.1 Å². The average molecular weight is 1040 g/mol. The number of halogens is 2. The Hall–Kier alpha value is -5.04. The molecule has 2 atom stereocenters. The van der Waals surface area contributed by atoms with Crippen LogP contribution in [0.4, 0.5) is 31.5 Å². The largest absolute Gasteiger partial charge is 0.461 e. The Morgan fingerprint density at radius 2 is 0.957 bits per heavy atom. The number of carbonyl (C=O) groups is 2. The summed E-state index contributed by atoms with van der Waals surface area (Å²) in [6, 6.07) is 25.9. The second-order valence-corrected chi connectivity index (χ2v) is 22.7. The number of ether oxygens (including phenoxy) is 4. The zero-order valence-electron chi connectivity index (χ0n) is 41.1. The average Bonchev–Trinajstić information content (AvgIpc) is 3.51. The maximum atomic E-state index is 14.1. The number of carbonyl (C=O) groups excluding carboxylic acids is 2. The number of anilines is 4. The van der Waals surface area contributed by atoms with Crippen LogP contribution < -0.4 is 19.3 Å². The molecule has 0 N–H and O–H groups in total. The van der Waals surface area contributed by atoms with Crippen molar-refractivity contribution >= 4 is 77.9 Å². The number of rotatable bonds is 18. The van der Waals surface area contributed by atoms with E-state index in [1.807, 2.05) is 87.0 Å². The number of esters is 2. The molecule has 4 aromatic carbocycles. The molecule has 0 aliphatic carbocycles. The van der Waals surface area contributed by atoms with E-state index >= 15 is 0 Å². The van der Waals surface area contributed by atoms with Crippen molar-refractivity contribution in [1.29, 1.82) is 0 Å². The molecule has 0 saturated carbocycles. The Morgan fingerprint density at radius 1 is 0.600 bits per heavy atom. The van der Waals surface area contributed by atoms with Crippen molar-refractivity contribution in [1.82, 2.24) is 0 Å². The minimum absolute atomic E-state index is 0.00571. The van der Waals surface area contributed by atoms with Gasteiger partial charge in [0.05, 0.1) is 55.7 Å². The summed E-state index contributed by atoms with van der Waals surface area (Å²) in [5.74, 6) is -4.34. The minimum atomic E-state index is -3.71. The van der Waals surface area contributed by atoms with Crippen LogP contribution in [0.5, 0.6) is 11.5 Å². The van der Waals surface area contributed by atoms with Crippen molar-refractivity contribution in [3.8, 4) is 11.5 Å². The number of fused-ring (bicyclic) bond motifs is 2. The summed E-state index contributed by atoms with van der Waals surface area (Å²) in [6.45, 7) is 12.5. The van der Waals surface area contributed by atoms with E-state index < -0.39 is 54.1 Å². The van der Waals surface area contributed by atoms with Gasteiger partial charge in [-0.2, -0.15) is 8.78 Å². The number of hydrogen-bond donors (Lipinski definition) is 0. The molecular formula is C52H64F2N2O10S4. The third kappa shape index (κ3) is 13.3. The molecule has 12 nitrogen and oxygen atoms in total. The molecule has 0 amide bonds. The lowest BCUT2D eigenvalue weighted by molar-refractivity contribution is -0.141. The van der Waals surface area contributed by atoms with Gasteiger partial charge in [0.1, 0.15) is 24.0 Å². The fraction of sp³-hybridized carbons (Fsp3) is 0.423. The summed E-state index contributed by atoms with van der Waals surface area (Å²) in [7, 11) is -7.42. The van der Waals surface area contributed by atoms with Crippen molar-refractivity contribution < 1.29 is 54.2 Å². The number of para-hydroxylation sites is 2. The maximum Gasteiger partial charge on any atom is 0.370 e. The molecule has 0 aromatic heterocycles. The molecule has 0 fully saturated rings. The smallest absolute Gasteiger partial charge is 0.370 e. The first-order chi connectivity index (χ1) is 33.4. The predicted octanol–water partition coefficient (Wildman–Crippen LogP) is 12.6. The highest BCUT2D eigenvalue weighted by Crippen LogP contribution is 2.49. The third-order valence-electron chi connectivity index (χ3n) is 12.4. The Balaban J connectivity index is 0.000000261. The molecule has 2 heterocycles. The van der Waals surface area contributed by atoms with Crippen LogP contribution >= 0.6 is 23.5 Å². The van der Waals surface area contributed by atoms with Crippen LogP contribution in [-0.2, 0) is 38.7 Å². The molecular weight excluding hydrogens is 979 g/mol. The Bertz CT molecular complexity index is 2550. The lowest BCUT2D eigenvalue weighted by Gasteiger charge is -2.36. The summed E-state index contributed by atoms with van der Waals surface area (Å²) < 4.78 is 103. The van der Waals surface area contributed by atoms with Crippen LogP contribution in [0.25, 0.3) is 0 Å². The quantitative estimate of drug-likeness (QED) is 0.0403. The van der Waals surface area contributed by atoms with Gasteiger partial charge in [-0.3, -0.25) is 0 Å². The van der Waals surface area contributed by atoms with Gasteiger partial charge in [0.25, 0.3) is 0 Å². The van der Waals surface area contributed by atoms with Crippen molar-refractivity contribution in [3.05, 3.63) is 109 Å². The summed E-state index contributed by atoms with van der Waals surface area (Å²) in [6.07, 6.45) is 9.66. The first-order valence-electron chi connectivity index (χ1n) is 23.3. The molecule has 0 unspecified atom stereocenters. The number of thioether (sulfide) groups is 2. The van der Waals surface area contributed by atoms with E-state index in [-0.39, 0.29) is 46.0 Å². The lowest BCUT2D eigenvalue weighted by Crippen LogP contribution is -2.37. The normalized spacial score (nSPS) is 19.6. The van der Waals surface area contributed by atoms with Crippen LogP contribution in [0, 0.1) is 10.8 Å². The van der Waals surface area contributed by atoms with Crippen LogP contribution in [0.15, 0.2) is 129 Å². The van der Waals surface area contributed by atoms with Gasteiger partial charge in [0.15, 0.2) is 19.7 Å². The van der Waals surface area contributed by atoms with E-state index in [1.165, 1.54) is 35.7 Å². The first-order valence-corrected chi connectivity index (χ1v) is 29.1. The molecule has 2 aliphatic heterocycles. The molecule has 4 aromatic rings. The van der Waals surface area contributed by atoms with E-state index in [1.54, 1.807) is 26.0 Å². The number of nitrogens with zero attached hydrogens (tertiary/aromatic N) is 2. The lowest BCUT2D eigenvalue weighted by atomic mass is 9.82. The van der Waals surface area contributed by atoms with Gasteiger partial charge < -0.3 is 28.7 Å². The highest BCUT2D eigenvalue weighted by atomic mass is 32.2. The molecule has 18 heteroatoms. The molecule has 0 spiro atoms. The highest BCUT2D eigenvalue weighted by molar-refractivity contribution is 7.99. The summed E-state index contributed by atoms with van der Waals surface area (Å²) >= 11 is 2.69. The monoisotopic (exact) mass is 1040 g/mol. The predicted molar refractivity (Wildman–Crippen MR) is 276 cm³/mol. The molecule has 70 heavy (non-hydrogen) atoms. The van der Waals surface area contributed by atoms with Gasteiger partial charge in [0.2, 0.25) is 11.7 Å². The number of sulfone groups is 2. The SMILES string of the molecule is CCC[C@@]1(CC)CN(c2ccccc2)c2cc(SC)c(O/C=C(\F)C(=O)OCC)cc2S(=O)(=O)C1.CCC[C@]1(CC)CN(c2ccccc2)c2cc(SC)c(O/C=C(\F)C(=O)OCC)cc2S(=O)(=O)C1. The minimum Gasteiger partial charge on any atom is -0.461 e. The van der Waals surface area contributed by atoms with Crippen molar-refractivity contribution in [3.63, 3.8) is 0 Å². The summed E-state index contributed by atoms with van der Waals surface area (Å²) in [4.78, 5) is 28.9. The van der Waals surface area contributed by atoms with Gasteiger partial charge in [-0.15, -0.1) is 23.5 Å². The Kier molecular flexibility index (Phi) is 19.9. The zero-order valence-corrected chi connectivity index (χ0v) is 44.4. The maximum absolute atomic E-state index is 14.1. The fourth-order valence-corrected chi connectivity index (χ4v) is 14.4. The van der Waals surface area contributed by atoms with E-state index in [2.05, 4.69) is 33.1 Å².